The van der Waals surface area contributed by atoms with Crippen LogP contribution in [0.2, 0.25) is 0 Å². The van der Waals surface area contributed by atoms with Crippen LogP contribution in [0.4, 0.5) is 0 Å². The van der Waals surface area contributed by atoms with Crippen LogP contribution in [0.5, 0.6) is 0 Å². The largest absolute Gasteiger partial charge is 0.463 e. The standard InChI is InChI=1S/C11H19IO2/c1-3-4-5-7-11(8-6-9-12)14-10(2)13/h3,11H,1,4-9H2,2H3. The Balaban J connectivity index is 3.71. The molecule has 0 radical (unpaired) electrons. The molecule has 2 nitrogen and oxygen atoms in total. The Morgan fingerprint density at radius 1 is 1.50 bits per heavy atom. The molecule has 0 aliphatic carbocycles. The van der Waals surface area contributed by atoms with E-state index in [4.69, 9.17) is 4.74 Å². The Morgan fingerprint density at radius 3 is 2.64 bits per heavy atom. The van der Waals surface area contributed by atoms with Crippen LogP contribution in [0.1, 0.15) is 39.0 Å². The first-order valence-corrected chi connectivity index (χ1v) is 6.57. The van der Waals surface area contributed by atoms with Gasteiger partial charge in [0.05, 0.1) is 0 Å². The van der Waals surface area contributed by atoms with Crippen LogP contribution < -0.4 is 0 Å². The van der Waals surface area contributed by atoms with Crippen molar-refractivity contribution in [2.24, 2.45) is 0 Å². The molecule has 0 aromatic heterocycles. The smallest absolute Gasteiger partial charge is 0.302 e. The molecule has 0 spiro atoms. The van der Waals surface area contributed by atoms with Crippen molar-refractivity contribution in [1.29, 1.82) is 0 Å². The van der Waals surface area contributed by atoms with E-state index in [2.05, 4.69) is 29.2 Å². The second-order valence-corrected chi connectivity index (χ2v) is 4.36. The van der Waals surface area contributed by atoms with E-state index in [1.807, 2.05) is 6.08 Å². The first-order valence-electron chi connectivity index (χ1n) is 5.04. The summed E-state index contributed by atoms with van der Waals surface area (Å²) in [6, 6.07) is 0. The maximum atomic E-state index is 10.8. The van der Waals surface area contributed by atoms with Gasteiger partial charge in [0, 0.05) is 6.92 Å². The molecule has 0 aliphatic heterocycles. The summed E-state index contributed by atoms with van der Waals surface area (Å²) in [5.41, 5.74) is 0. The lowest BCUT2D eigenvalue weighted by molar-refractivity contribution is -0.147. The van der Waals surface area contributed by atoms with Crippen LogP contribution in [0, 0.1) is 0 Å². The third-order valence-electron chi connectivity index (χ3n) is 1.93. The number of carbonyl (C=O) groups excluding carboxylic acids is 1. The Hall–Kier alpha value is -0.0600. The van der Waals surface area contributed by atoms with E-state index in [-0.39, 0.29) is 12.1 Å². The summed E-state index contributed by atoms with van der Waals surface area (Å²) in [4.78, 5) is 10.8. The lowest BCUT2D eigenvalue weighted by Gasteiger charge is -2.15. The van der Waals surface area contributed by atoms with Crippen LogP contribution in [0.3, 0.4) is 0 Å². The number of halogens is 1. The number of allylic oxidation sites excluding steroid dienone is 1. The van der Waals surface area contributed by atoms with Crippen LogP contribution in [-0.4, -0.2) is 16.5 Å². The van der Waals surface area contributed by atoms with E-state index in [1.165, 1.54) is 6.92 Å². The van der Waals surface area contributed by atoms with Crippen LogP contribution in [-0.2, 0) is 9.53 Å². The molecule has 0 aromatic rings. The first kappa shape index (κ1) is 13.9. The van der Waals surface area contributed by atoms with Gasteiger partial charge < -0.3 is 4.74 Å². The summed E-state index contributed by atoms with van der Waals surface area (Å²) in [7, 11) is 0. The number of hydrogen-bond donors (Lipinski definition) is 0. The lowest BCUT2D eigenvalue weighted by atomic mass is 10.1. The zero-order chi connectivity index (χ0) is 10.8. The molecule has 0 bridgehead atoms. The second-order valence-electron chi connectivity index (χ2n) is 3.28. The molecular weight excluding hydrogens is 291 g/mol. The topological polar surface area (TPSA) is 26.3 Å². The number of unbranched alkanes of at least 4 members (excludes halogenated alkanes) is 1. The van der Waals surface area contributed by atoms with E-state index in [0.717, 1.165) is 36.5 Å². The van der Waals surface area contributed by atoms with Crippen LogP contribution >= 0.6 is 22.6 Å². The number of rotatable bonds is 8. The third kappa shape index (κ3) is 8.53. The third-order valence-corrected chi connectivity index (χ3v) is 2.69. The fourth-order valence-electron chi connectivity index (χ4n) is 1.29. The number of hydrogen-bond acceptors (Lipinski definition) is 2. The van der Waals surface area contributed by atoms with E-state index in [0.29, 0.717) is 0 Å². The summed E-state index contributed by atoms with van der Waals surface area (Å²) < 4.78 is 6.34. The van der Waals surface area contributed by atoms with Gasteiger partial charge in [-0.05, 0) is 36.5 Å². The predicted octanol–water partition coefficient (Wildman–Crippen LogP) is 3.49. The van der Waals surface area contributed by atoms with Crippen LogP contribution in [0.25, 0.3) is 0 Å². The van der Waals surface area contributed by atoms with Crippen molar-refractivity contribution in [1.82, 2.24) is 0 Å². The van der Waals surface area contributed by atoms with Gasteiger partial charge in [0.1, 0.15) is 6.10 Å². The van der Waals surface area contributed by atoms with Gasteiger partial charge in [-0.2, -0.15) is 0 Å². The summed E-state index contributed by atoms with van der Waals surface area (Å²) in [5.74, 6) is -0.165. The van der Waals surface area contributed by atoms with Gasteiger partial charge in [-0.3, -0.25) is 4.79 Å². The highest BCUT2D eigenvalue weighted by Gasteiger charge is 2.10. The van der Waals surface area contributed by atoms with E-state index < -0.39 is 0 Å². The predicted molar refractivity (Wildman–Crippen MR) is 67.7 cm³/mol. The van der Waals surface area contributed by atoms with Crippen molar-refractivity contribution >= 4 is 28.6 Å². The van der Waals surface area contributed by atoms with Crippen molar-refractivity contribution in [2.75, 3.05) is 4.43 Å². The summed E-state index contributed by atoms with van der Waals surface area (Å²) >= 11 is 2.34. The molecule has 0 fully saturated rings. The molecule has 1 atom stereocenters. The number of ether oxygens (including phenoxy) is 1. The lowest BCUT2D eigenvalue weighted by Crippen LogP contribution is -2.16. The minimum atomic E-state index is -0.165. The molecule has 3 heteroatoms. The fourth-order valence-corrected chi connectivity index (χ4v) is 1.73. The molecule has 0 amide bonds. The molecule has 0 saturated carbocycles. The fraction of sp³-hybridized carbons (Fsp3) is 0.727. The van der Waals surface area contributed by atoms with Crippen molar-refractivity contribution in [3.05, 3.63) is 12.7 Å². The molecule has 0 saturated heterocycles. The monoisotopic (exact) mass is 310 g/mol. The number of alkyl halides is 1. The van der Waals surface area contributed by atoms with Gasteiger partial charge in [-0.1, -0.05) is 28.7 Å². The Bertz CT molecular complexity index is 169. The SMILES string of the molecule is C=CCCCC(CCCI)OC(C)=O. The molecule has 0 aromatic carbocycles. The number of carbonyl (C=O) groups is 1. The molecule has 1 unspecified atom stereocenters. The van der Waals surface area contributed by atoms with Crippen molar-refractivity contribution in [2.45, 2.75) is 45.1 Å². The quantitative estimate of drug-likeness (QED) is 0.225. The highest BCUT2D eigenvalue weighted by Crippen LogP contribution is 2.12. The molecule has 0 rings (SSSR count). The summed E-state index contributed by atoms with van der Waals surface area (Å²) in [6.07, 6.45) is 7.14. The maximum Gasteiger partial charge on any atom is 0.302 e. The minimum absolute atomic E-state index is 0.113. The second kappa shape index (κ2) is 9.49. The zero-order valence-corrected chi connectivity index (χ0v) is 11.0. The van der Waals surface area contributed by atoms with E-state index in [9.17, 15) is 4.79 Å². The molecule has 14 heavy (non-hydrogen) atoms. The van der Waals surface area contributed by atoms with Crippen LogP contribution in [0.15, 0.2) is 12.7 Å². The van der Waals surface area contributed by atoms with Gasteiger partial charge in [-0.15, -0.1) is 6.58 Å². The average molecular weight is 310 g/mol. The zero-order valence-electron chi connectivity index (χ0n) is 8.80. The molecule has 0 aliphatic rings. The Kier molecular flexibility index (Phi) is 9.45. The van der Waals surface area contributed by atoms with E-state index >= 15 is 0 Å². The van der Waals surface area contributed by atoms with Crippen molar-refractivity contribution in [3.63, 3.8) is 0 Å². The molecule has 0 heterocycles. The average Bonchev–Trinajstić information content (AvgIpc) is 2.13. The van der Waals surface area contributed by atoms with E-state index in [1.54, 1.807) is 0 Å². The summed E-state index contributed by atoms with van der Waals surface area (Å²) in [5, 5.41) is 0. The van der Waals surface area contributed by atoms with Gasteiger partial charge in [-0.25, -0.2) is 0 Å². The van der Waals surface area contributed by atoms with Gasteiger partial charge in [0.15, 0.2) is 0 Å². The highest BCUT2D eigenvalue weighted by atomic mass is 127. The Labute approximate surface area is 100 Å². The Morgan fingerprint density at radius 2 is 2.14 bits per heavy atom. The minimum Gasteiger partial charge on any atom is -0.463 e. The number of esters is 1. The molecule has 82 valence electrons. The summed E-state index contributed by atoms with van der Waals surface area (Å²) in [6.45, 7) is 5.15. The maximum absolute atomic E-state index is 10.8. The van der Waals surface area contributed by atoms with Gasteiger partial charge in [0.25, 0.3) is 0 Å². The molecular formula is C11H19IO2. The highest BCUT2D eigenvalue weighted by molar-refractivity contribution is 14.1. The van der Waals surface area contributed by atoms with Crippen molar-refractivity contribution in [3.8, 4) is 0 Å². The molecule has 0 N–H and O–H groups in total. The van der Waals surface area contributed by atoms with Crippen molar-refractivity contribution < 1.29 is 9.53 Å². The van der Waals surface area contributed by atoms with Gasteiger partial charge >= 0.3 is 5.97 Å². The normalized spacial score (nSPS) is 12.1. The first-order chi connectivity index (χ1) is 6.70. The van der Waals surface area contributed by atoms with Gasteiger partial charge in [0.2, 0.25) is 0 Å².